The Morgan fingerprint density at radius 2 is 1.81 bits per heavy atom. The molecule has 1 atom stereocenters. The fourth-order valence-corrected chi connectivity index (χ4v) is 3.04. The Morgan fingerprint density at radius 1 is 1.12 bits per heavy atom. The van der Waals surface area contributed by atoms with Crippen LogP contribution in [0.2, 0.25) is 0 Å². The van der Waals surface area contributed by atoms with Crippen LogP contribution in [0.1, 0.15) is 18.4 Å². The first-order valence-electron chi connectivity index (χ1n) is 9.44. The first-order chi connectivity index (χ1) is 14.9. The number of carbonyl (C=O) groups excluding carboxylic acids is 2. The molecule has 0 saturated heterocycles. The summed E-state index contributed by atoms with van der Waals surface area (Å²) >= 11 is 0. The quantitative estimate of drug-likeness (QED) is 0.388. The third kappa shape index (κ3) is 6.15. The maximum Gasteiger partial charge on any atom is 1.00 e. The molecule has 2 aromatic carbocycles. The third-order valence-corrected chi connectivity index (χ3v) is 4.59. The summed E-state index contributed by atoms with van der Waals surface area (Å²) in [5, 5.41) is 32.5. The molecule has 3 aromatic rings. The van der Waals surface area contributed by atoms with Gasteiger partial charge in [-0.25, -0.2) is 4.98 Å². The molecule has 1 aromatic heterocycles. The van der Waals surface area contributed by atoms with Crippen LogP contribution in [-0.2, 0) is 9.59 Å². The minimum Gasteiger partial charge on any atom is -0.550 e. The molecule has 9 heteroatoms. The van der Waals surface area contributed by atoms with Crippen LogP contribution in [0.3, 0.4) is 0 Å². The third-order valence-electron chi connectivity index (χ3n) is 4.59. The average Bonchev–Trinajstić information content (AvgIpc) is 2.77. The second-order valence-electron chi connectivity index (χ2n) is 6.79. The number of nitrogen functional groups attached to an aromatic ring is 1. The summed E-state index contributed by atoms with van der Waals surface area (Å²) in [5.74, 6) is -1.99. The van der Waals surface area contributed by atoms with Crippen LogP contribution in [0.4, 0.5) is 11.5 Å². The maximum absolute atomic E-state index is 12.1. The minimum atomic E-state index is -1.49. The molecule has 156 valence electrons. The molecule has 0 aliphatic carbocycles. The maximum atomic E-state index is 12.1. The van der Waals surface area contributed by atoms with E-state index in [1.165, 1.54) is 0 Å². The van der Waals surface area contributed by atoms with Gasteiger partial charge in [0.05, 0.1) is 5.69 Å². The summed E-state index contributed by atoms with van der Waals surface area (Å²) in [5.41, 5.74) is 9.20. The predicted octanol–water partition coefficient (Wildman–Crippen LogP) is -1.30. The number of rotatable bonds is 7. The van der Waals surface area contributed by atoms with Crippen molar-refractivity contribution < 1.29 is 49.4 Å². The van der Waals surface area contributed by atoms with Crippen molar-refractivity contribution >= 4 is 23.4 Å². The zero-order valence-corrected chi connectivity index (χ0v) is 19.4. The van der Waals surface area contributed by atoms with E-state index in [1.54, 1.807) is 30.3 Å². The monoisotopic (exact) mass is 438 g/mol. The Labute approximate surface area is 207 Å². The smallest absolute Gasteiger partial charge is 0.550 e. The van der Waals surface area contributed by atoms with Crippen LogP contribution in [-0.4, -0.2) is 28.1 Å². The molecule has 1 heterocycles. The summed E-state index contributed by atoms with van der Waals surface area (Å²) in [4.78, 5) is 27.0. The van der Waals surface area contributed by atoms with E-state index in [-0.39, 0.29) is 47.4 Å². The van der Waals surface area contributed by atoms with Gasteiger partial charge in [0.2, 0.25) is 0 Å². The number of nitrogens with zero attached hydrogens (tertiary/aromatic N) is 2. The number of aliphatic carboxylic acids is 1. The van der Waals surface area contributed by atoms with Gasteiger partial charge in [0.25, 0.3) is 5.91 Å². The number of amides is 1. The Balaban J connectivity index is 0.00000363. The molecule has 0 saturated carbocycles. The van der Waals surface area contributed by atoms with E-state index in [0.717, 1.165) is 5.56 Å². The number of hydrogen-bond donors (Lipinski definition) is 3. The number of carboxylic acid groups (broad SMARTS) is 1. The molecule has 32 heavy (non-hydrogen) atoms. The van der Waals surface area contributed by atoms with Crippen LogP contribution in [0.25, 0.3) is 22.4 Å². The molecular weight excluding hydrogens is 419 g/mol. The number of hydrogen-bond acceptors (Lipinski definition) is 7. The standard InChI is InChI=1S/C23H20N4O4.Na/c24-13-18-17(12-19(27-22(18)25)14-5-2-1-3-6-14)15-7-4-8-16(11-15)26-23(31)20(28)9-10-21(29)30;/h1-8,11-12,20,28H,9-10H2,(H2,25,27)(H,26,31)(H,29,30);/q;+1/p-1. The zero-order valence-electron chi connectivity index (χ0n) is 17.4. The second-order valence-corrected chi connectivity index (χ2v) is 6.79. The molecule has 1 amide bonds. The molecule has 8 nitrogen and oxygen atoms in total. The molecule has 0 radical (unpaired) electrons. The number of aliphatic hydroxyl groups excluding tert-OH is 1. The van der Waals surface area contributed by atoms with Gasteiger partial charge in [-0.05, 0) is 36.6 Å². The summed E-state index contributed by atoms with van der Waals surface area (Å²) < 4.78 is 0. The zero-order chi connectivity index (χ0) is 22.4. The number of carboxylic acids is 1. The van der Waals surface area contributed by atoms with E-state index in [1.807, 2.05) is 30.3 Å². The van der Waals surface area contributed by atoms with Crippen molar-refractivity contribution in [2.75, 3.05) is 11.1 Å². The van der Waals surface area contributed by atoms with Gasteiger partial charge in [0.15, 0.2) is 0 Å². The largest absolute Gasteiger partial charge is 1.00 e. The van der Waals surface area contributed by atoms with Gasteiger partial charge in [-0.3, -0.25) is 4.79 Å². The van der Waals surface area contributed by atoms with Gasteiger partial charge in [-0.1, -0.05) is 42.5 Å². The molecule has 0 spiro atoms. The number of aromatic nitrogens is 1. The molecule has 0 aliphatic rings. The van der Waals surface area contributed by atoms with Gasteiger partial charge in [-0.15, -0.1) is 0 Å². The van der Waals surface area contributed by atoms with E-state index < -0.39 is 24.4 Å². The Kier molecular flexibility index (Phi) is 8.93. The first-order valence-corrected chi connectivity index (χ1v) is 9.44. The minimum absolute atomic E-state index is 0. The number of benzene rings is 2. The molecule has 0 aliphatic heterocycles. The number of nitrogens with one attached hydrogen (secondary N) is 1. The fraction of sp³-hybridized carbons (Fsp3) is 0.130. The molecule has 0 bridgehead atoms. The number of aliphatic hydroxyl groups is 1. The van der Waals surface area contributed by atoms with Gasteiger partial charge in [0, 0.05) is 22.8 Å². The van der Waals surface area contributed by atoms with E-state index in [9.17, 15) is 25.1 Å². The number of nitriles is 1. The van der Waals surface area contributed by atoms with E-state index in [2.05, 4.69) is 16.4 Å². The van der Waals surface area contributed by atoms with Crippen molar-refractivity contribution in [3.63, 3.8) is 0 Å². The van der Waals surface area contributed by atoms with Crippen molar-refractivity contribution in [1.82, 2.24) is 4.98 Å². The number of anilines is 2. The van der Waals surface area contributed by atoms with Gasteiger partial charge in [0.1, 0.15) is 23.6 Å². The van der Waals surface area contributed by atoms with Crippen LogP contribution < -0.4 is 45.7 Å². The summed E-state index contributed by atoms with van der Waals surface area (Å²) in [6.45, 7) is 0. The molecule has 4 N–H and O–H groups in total. The molecule has 1 unspecified atom stereocenters. The van der Waals surface area contributed by atoms with E-state index >= 15 is 0 Å². The van der Waals surface area contributed by atoms with Crippen LogP contribution in [0, 0.1) is 11.3 Å². The molecule has 3 rings (SSSR count). The SMILES string of the molecule is N#Cc1c(-c2cccc(NC(=O)C(O)CCC(=O)[O-])c2)cc(-c2ccccc2)nc1N.[Na+]. The number of carbonyl (C=O) groups is 2. The topological polar surface area (TPSA) is 152 Å². The van der Waals surface area contributed by atoms with Gasteiger partial charge < -0.3 is 26.1 Å². The second kappa shape index (κ2) is 11.4. The molecule has 0 fully saturated rings. The van der Waals surface area contributed by atoms with Crippen molar-refractivity contribution in [3.8, 4) is 28.5 Å². The van der Waals surface area contributed by atoms with Crippen molar-refractivity contribution in [1.29, 1.82) is 5.26 Å². The Morgan fingerprint density at radius 3 is 2.47 bits per heavy atom. The average molecular weight is 438 g/mol. The van der Waals surface area contributed by atoms with Crippen LogP contribution in [0.5, 0.6) is 0 Å². The number of pyridine rings is 1. The predicted molar refractivity (Wildman–Crippen MR) is 113 cm³/mol. The van der Waals surface area contributed by atoms with Crippen molar-refractivity contribution in [2.24, 2.45) is 0 Å². The van der Waals surface area contributed by atoms with Crippen LogP contribution in [0.15, 0.2) is 60.7 Å². The fourth-order valence-electron chi connectivity index (χ4n) is 3.04. The van der Waals surface area contributed by atoms with E-state index in [0.29, 0.717) is 22.5 Å². The van der Waals surface area contributed by atoms with E-state index in [4.69, 9.17) is 5.73 Å². The van der Waals surface area contributed by atoms with Crippen molar-refractivity contribution in [2.45, 2.75) is 18.9 Å². The number of nitrogens with two attached hydrogens (primary N) is 1. The summed E-state index contributed by atoms with van der Waals surface area (Å²) in [6, 6.07) is 19.9. The first kappa shape index (κ1) is 25.0. The van der Waals surface area contributed by atoms with Gasteiger partial charge >= 0.3 is 29.6 Å². The van der Waals surface area contributed by atoms with Crippen molar-refractivity contribution in [3.05, 3.63) is 66.2 Å². The normalized spacial score (nSPS) is 11.0. The Bertz CT molecular complexity index is 1160. The summed E-state index contributed by atoms with van der Waals surface area (Å²) in [6.07, 6.45) is -2.18. The Hall–Kier alpha value is -3.22. The summed E-state index contributed by atoms with van der Waals surface area (Å²) in [7, 11) is 0. The molecular formula is C23H19N4NaO4. The van der Waals surface area contributed by atoms with Crippen LogP contribution >= 0.6 is 0 Å². The van der Waals surface area contributed by atoms with Gasteiger partial charge in [-0.2, -0.15) is 5.26 Å².